The van der Waals surface area contributed by atoms with Crippen LogP contribution in [-0.2, 0) is 0 Å². The maximum Gasteiger partial charge on any atom is 0.256 e. The summed E-state index contributed by atoms with van der Waals surface area (Å²) in [7, 11) is 0. The minimum Gasteiger partial charge on any atom is -0.338 e. The zero-order chi connectivity index (χ0) is 16.4. The van der Waals surface area contributed by atoms with Crippen molar-refractivity contribution >= 4 is 5.91 Å². The van der Waals surface area contributed by atoms with E-state index in [0.29, 0.717) is 24.6 Å². The molecule has 6 heteroatoms. The Morgan fingerprint density at radius 1 is 1.39 bits per heavy atom. The molecular weight excluding hydrogens is 297 g/mol. The van der Waals surface area contributed by atoms with Crippen LogP contribution in [0.5, 0.6) is 0 Å². The molecule has 1 N–H and O–H groups in total. The SMILES string of the molecule is Cc1cc(=O)[nH]c([C@H]2CCCN(C(=O)c3ccccc3F)C2)n1. The van der Waals surface area contributed by atoms with Gasteiger partial charge >= 0.3 is 0 Å². The van der Waals surface area contributed by atoms with Crippen molar-refractivity contribution in [2.75, 3.05) is 13.1 Å². The van der Waals surface area contributed by atoms with Gasteiger partial charge in [-0.3, -0.25) is 9.59 Å². The van der Waals surface area contributed by atoms with E-state index in [4.69, 9.17) is 0 Å². The molecule has 0 bridgehead atoms. The number of H-pyrrole nitrogens is 1. The summed E-state index contributed by atoms with van der Waals surface area (Å²) >= 11 is 0. The van der Waals surface area contributed by atoms with Crippen molar-refractivity contribution in [2.24, 2.45) is 0 Å². The minimum absolute atomic E-state index is 0.0351. The number of carbonyl (C=O) groups excluding carboxylic acids is 1. The lowest BCUT2D eigenvalue weighted by molar-refractivity contribution is 0.0699. The number of amides is 1. The van der Waals surface area contributed by atoms with Crippen LogP contribution in [0.25, 0.3) is 0 Å². The van der Waals surface area contributed by atoms with Crippen molar-refractivity contribution in [3.8, 4) is 0 Å². The molecule has 3 rings (SSSR count). The molecule has 0 saturated carbocycles. The maximum atomic E-state index is 13.8. The normalized spacial score (nSPS) is 18.0. The number of carbonyl (C=O) groups is 1. The zero-order valence-corrected chi connectivity index (χ0v) is 12.9. The molecular formula is C17H18FN3O2. The third-order valence-electron chi connectivity index (χ3n) is 4.09. The van der Waals surface area contributed by atoms with Gasteiger partial charge in [0.25, 0.3) is 11.5 Å². The molecule has 23 heavy (non-hydrogen) atoms. The van der Waals surface area contributed by atoms with Gasteiger partial charge in [0.15, 0.2) is 0 Å². The lowest BCUT2D eigenvalue weighted by atomic mass is 9.96. The summed E-state index contributed by atoms with van der Waals surface area (Å²) in [4.78, 5) is 32.9. The molecule has 1 aromatic carbocycles. The summed E-state index contributed by atoms with van der Waals surface area (Å²) in [5, 5.41) is 0. The number of hydrogen-bond acceptors (Lipinski definition) is 3. The Morgan fingerprint density at radius 2 is 2.17 bits per heavy atom. The van der Waals surface area contributed by atoms with Crippen LogP contribution in [0, 0.1) is 12.7 Å². The molecule has 2 aromatic rings. The highest BCUT2D eigenvalue weighted by atomic mass is 19.1. The van der Waals surface area contributed by atoms with Gasteiger partial charge in [-0.15, -0.1) is 0 Å². The van der Waals surface area contributed by atoms with Gasteiger partial charge in [-0.2, -0.15) is 0 Å². The van der Waals surface area contributed by atoms with E-state index < -0.39 is 5.82 Å². The van der Waals surface area contributed by atoms with Crippen molar-refractivity contribution in [2.45, 2.75) is 25.7 Å². The number of rotatable bonds is 2. The van der Waals surface area contributed by atoms with Gasteiger partial charge in [-0.25, -0.2) is 9.37 Å². The lowest BCUT2D eigenvalue weighted by Gasteiger charge is -2.32. The molecule has 1 atom stereocenters. The number of nitrogens with one attached hydrogen (secondary N) is 1. The van der Waals surface area contributed by atoms with E-state index in [0.717, 1.165) is 12.8 Å². The standard InChI is InChI=1S/C17H18FN3O2/c1-11-9-15(22)20-16(19-11)12-5-4-8-21(10-12)17(23)13-6-2-3-7-14(13)18/h2-3,6-7,9,12H,4-5,8,10H2,1H3,(H,19,20,22)/t12-/m0/s1. The Balaban J connectivity index is 1.82. The number of likely N-dealkylation sites (tertiary alicyclic amines) is 1. The summed E-state index contributed by atoms with van der Waals surface area (Å²) in [5.74, 6) is -0.266. The van der Waals surface area contributed by atoms with Crippen molar-refractivity contribution in [1.29, 1.82) is 0 Å². The van der Waals surface area contributed by atoms with E-state index in [9.17, 15) is 14.0 Å². The first kappa shape index (κ1) is 15.4. The largest absolute Gasteiger partial charge is 0.338 e. The van der Waals surface area contributed by atoms with Gasteiger partial charge in [0.2, 0.25) is 0 Å². The lowest BCUT2D eigenvalue weighted by Crippen LogP contribution is -2.40. The molecule has 0 radical (unpaired) electrons. The van der Waals surface area contributed by atoms with Crippen LogP contribution >= 0.6 is 0 Å². The highest BCUT2D eigenvalue weighted by Crippen LogP contribution is 2.25. The predicted octanol–water partition coefficient (Wildman–Crippen LogP) is 2.24. The average Bonchev–Trinajstić information content (AvgIpc) is 2.54. The van der Waals surface area contributed by atoms with Crippen LogP contribution in [0.2, 0.25) is 0 Å². The number of benzene rings is 1. The Kier molecular flexibility index (Phi) is 4.23. The molecule has 1 amide bonds. The van der Waals surface area contributed by atoms with Gasteiger partial charge in [-0.1, -0.05) is 12.1 Å². The first-order valence-corrected chi connectivity index (χ1v) is 7.66. The Labute approximate surface area is 133 Å². The van der Waals surface area contributed by atoms with Crippen LogP contribution in [0.3, 0.4) is 0 Å². The van der Waals surface area contributed by atoms with E-state index in [2.05, 4.69) is 9.97 Å². The quantitative estimate of drug-likeness (QED) is 0.924. The van der Waals surface area contributed by atoms with E-state index >= 15 is 0 Å². The number of hydrogen-bond donors (Lipinski definition) is 1. The molecule has 0 spiro atoms. The fraction of sp³-hybridized carbons (Fsp3) is 0.353. The topological polar surface area (TPSA) is 66.1 Å². The molecule has 1 aliphatic rings. The van der Waals surface area contributed by atoms with E-state index in [1.807, 2.05) is 0 Å². The van der Waals surface area contributed by atoms with E-state index in [1.165, 1.54) is 18.2 Å². The smallest absolute Gasteiger partial charge is 0.256 e. The first-order chi connectivity index (χ1) is 11.0. The molecule has 1 saturated heterocycles. The fourth-order valence-electron chi connectivity index (χ4n) is 2.99. The molecule has 0 aliphatic carbocycles. The monoisotopic (exact) mass is 315 g/mol. The van der Waals surface area contributed by atoms with Crippen molar-refractivity contribution < 1.29 is 9.18 Å². The Morgan fingerprint density at radius 3 is 2.91 bits per heavy atom. The number of piperidine rings is 1. The highest BCUT2D eigenvalue weighted by Gasteiger charge is 2.28. The van der Waals surface area contributed by atoms with Crippen molar-refractivity contribution in [3.05, 3.63) is 63.6 Å². The zero-order valence-electron chi connectivity index (χ0n) is 12.9. The summed E-state index contributed by atoms with van der Waals surface area (Å²) < 4.78 is 13.8. The van der Waals surface area contributed by atoms with Gasteiger partial charge in [0.05, 0.1) is 5.56 Å². The van der Waals surface area contributed by atoms with Gasteiger partial charge in [-0.05, 0) is 31.9 Å². The number of aryl methyl sites for hydroxylation is 1. The average molecular weight is 315 g/mol. The maximum absolute atomic E-state index is 13.8. The Hall–Kier alpha value is -2.50. The third-order valence-corrected chi connectivity index (χ3v) is 4.09. The van der Waals surface area contributed by atoms with Crippen LogP contribution in [0.15, 0.2) is 35.1 Å². The minimum atomic E-state index is -0.512. The van der Waals surface area contributed by atoms with Crippen LogP contribution < -0.4 is 5.56 Å². The van der Waals surface area contributed by atoms with E-state index in [-0.39, 0.29) is 22.9 Å². The third kappa shape index (κ3) is 3.31. The summed E-state index contributed by atoms with van der Waals surface area (Å²) in [6, 6.07) is 7.43. The molecule has 120 valence electrons. The number of aromatic nitrogens is 2. The van der Waals surface area contributed by atoms with E-state index in [1.54, 1.807) is 24.0 Å². The van der Waals surface area contributed by atoms with Gasteiger partial charge < -0.3 is 9.88 Å². The first-order valence-electron chi connectivity index (χ1n) is 7.66. The summed E-state index contributed by atoms with van der Waals surface area (Å²) in [5.41, 5.74) is 0.546. The second kappa shape index (κ2) is 6.32. The molecule has 1 fully saturated rings. The van der Waals surface area contributed by atoms with Crippen LogP contribution in [0.1, 0.15) is 40.6 Å². The molecule has 1 aliphatic heterocycles. The predicted molar refractivity (Wildman–Crippen MR) is 83.9 cm³/mol. The highest BCUT2D eigenvalue weighted by molar-refractivity contribution is 5.94. The summed E-state index contributed by atoms with van der Waals surface area (Å²) in [6.07, 6.45) is 1.63. The van der Waals surface area contributed by atoms with Crippen molar-refractivity contribution in [1.82, 2.24) is 14.9 Å². The molecule has 2 heterocycles. The second-order valence-corrected chi connectivity index (χ2v) is 5.84. The van der Waals surface area contributed by atoms with Crippen LogP contribution in [0.4, 0.5) is 4.39 Å². The van der Waals surface area contributed by atoms with Gasteiger partial charge in [0, 0.05) is 30.8 Å². The van der Waals surface area contributed by atoms with Crippen LogP contribution in [-0.4, -0.2) is 33.9 Å². The molecule has 1 aromatic heterocycles. The van der Waals surface area contributed by atoms with Gasteiger partial charge in [0.1, 0.15) is 11.6 Å². The molecule has 5 nitrogen and oxygen atoms in total. The summed E-state index contributed by atoms with van der Waals surface area (Å²) in [6.45, 7) is 2.78. The van der Waals surface area contributed by atoms with Crippen molar-refractivity contribution in [3.63, 3.8) is 0 Å². The number of nitrogens with zero attached hydrogens (tertiary/aromatic N) is 2. The number of aromatic amines is 1. The Bertz CT molecular complexity index is 787. The fourth-order valence-corrected chi connectivity index (χ4v) is 2.99. The second-order valence-electron chi connectivity index (χ2n) is 5.84. The molecule has 0 unspecified atom stereocenters. The number of halogens is 1.